The summed E-state index contributed by atoms with van der Waals surface area (Å²) in [4.78, 5) is 2.96. The lowest BCUT2D eigenvalue weighted by Crippen LogP contribution is -2.36. The smallest absolute Gasteiger partial charge is 0.0751 e. The zero-order chi connectivity index (χ0) is 10.5. The average molecular weight is 210 g/mol. The Hall–Kier alpha value is -0.700. The van der Waals surface area contributed by atoms with E-state index in [1.807, 2.05) is 18.4 Å². The minimum absolute atomic E-state index is 0.179. The average Bonchev–Trinajstić information content (AvgIpc) is 2.39. The van der Waals surface area contributed by atoms with Crippen LogP contribution >= 0.6 is 11.3 Å². The number of fused-ring (bicyclic) bond motifs is 1. The van der Waals surface area contributed by atoms with Crippen LogP contribution in [0.25, 0.3) is 0 Å². The van der Waals surface area contributed by atoms with Crippen LogP contribution < -0.4 is 10.6 Å². The quantitative estimate of drug-likeness (QED) is 0.779. The molecule has 0 saturated carbocycles. The second-order valence-electron chi connectivity index (χ2n) is 4.70. The number of thiophene rings is 1. The van der Waals surface area contributed by atoms with Crippen LogP contribution in [0, 0.1) is 0 Å². The molecule has 0 radical (unpaired) electrons. The first-order valence-corrected chi connectivity index (χ1v) is 5.92. The minimum Gasteiger partial charge on any atom is -0.386 e. The zero-order valence-corrected chi connectivity index (χ0v) is 10.3. The Morgan fingerprint density at radius 2 is 2.00 bits per heavy atom. The maximum absolute atomic E-state index is 3.51. The van der Waals surface area contributed by atoms with Crippen LogP contribution in [-0.2, 0) is 5.54 Å². The summed E-state index contributed by atoms with van der Waals surface area (Å²) < 4.78 is 0. The number of nitrogens with one attached hydrogen (secondary N) is 2. The van der Waals surface area contributed by atoms with Gasteiger partial charge in [0.15, 0.2) is 0 Å². The first kappa shape index (κ1) is 9.84. The van der Waals surface area contributed by atoms with Gasteiger partial charge in [-0.15, -0.1) is 11.3 Å². The second-order valence-corrected chi connectivity index (χ2v) is 5.75. The van der Waals surface area contributed by atoms with Crippen molar-refractivity contribution in [2.24, 2.45) is 0 Å². The van der Waals surface area contributed by atoms with E-state index in [4.69, 9.17) is 0 Å². The molecule has 1 aromatic heterocycles. The largest absolute Gasteiger partial charge is 0.386 e. The van der Waals surface area contributed by atoms with Gasteiger partial charge in [-0.25, -0.2) is 0 Å². The van der Waals surface area contributed by atoms with E-state index in [0.717, 1.165) is 0 Å². The molecular formula is C11H18N2S. The van der Waals surface area contributed by atoms with Crippen molar-refractivity contribution in [2.45, 2.75) is 39.2 Å². The fourth-order valence-corrected chi connectivity index (χ4v) is 3.29. The lowest BCUT2D eigenvalue weighted by Gasteiger charge is -2.37. The fraction of sp³-hybridized carbons (Fsp3) is 0.636. The van der Waals surface area contributed by atoms with E-state index in [1.54, 1.807) is 0 Å². The molecule has 0 fully saturated rings. The van der Waals surface area contributed by atoms with Crippen LogP contribution in [0.4, 0.5) is 11.4 Å². The molecule has 78 valence electrons. The Morgan fingerprint density at radius 1 is 1.36 bits per heavy atom. The summed E-state index contributed by atoms with van der Waals surface area (Å²) in [6.07, 6.45) is 0. The monoisotopic (exact) mass is 210 g/mol. The molecule has 0 atom stereocenters. The van der Waals surface area contributed by atoms with Crippen molar-refractivity contribution in [3.63, 3.8) is 0 Å². The van der Waals surface area contributed by atoms with Gasteiger partial charge in [-0.2, -0.15) is 0 Å². The van der Waals surface area contributed by atoms with E-state index >= 15 is 0 Å². The summed E-state index contributed by atoms with van der Waals surface area (Å²) in [5.74, 6) is 0.602. The van der Waals surface area contributed by atoms with Crippen molar-refractivity contribution in [3.8, 4) is 0 Å². The predicted molar refractivity (Wildman–Crippen MR) is 64.6 cm³/mol. The first-order chi connectivity index (χ1) is 6.47. The molecular weight excluding hydrogens is 192 g/mol. The van der Waals surface area contributed by atoms with Gasteiger partial charge in [0.1, 0.15) is 0 Å². The van der Waals surface area contributed by atoms with E-state index in [9.17, 15) is 0 Å². The van der Waals surface area contributed by atoms with Crippen molar-refractivity contribution in [3.05, 3.63) is 9.75 Å². The number of hydrogen-bond acceptors (Lipinski definition) is 3. The highest BCUT2D eigenvalue weighted by atomic mass is 32.1. The molecule has 0 unspecified atom stereocenters. The van der Waals surface area contributed by atoms with Crippen LogP contribution in [-0.4, -0.2) is 7.05 Å². The van der Waals surface area contributed by atoms with E-state index < -0.39 is 0 Å². The molecule has 2 rings (SSSR count). The minimum atomic E-state index is 0.179. The number of rotatable bonds is 2. The Kier molecular flexibility index (Phi) is 2.03. The predicted octanol–water partition coefficient (Wildman–Crippen LogP) is 3.57. The maximum Gasteiger partial charge on any atom is 0.0751 e. The summed E-state index contributed by atoms with van der Waals surface area (Å²) in [7, 11) is 2.00. The third-order valence-corrected chi connectivity index (χ3v) is 4.53. The highest BCUT2D eigenvalue weighted by Crippen LogP contribution is 2.54. The molecule has 1 aliphatic rings. The van der Waals surface area contributed by atoms with E-state index in [1.165, 1.54) is 21.1 Å². The van der Waals surface area contributed by atoms with Crippen LogP contribution in [0.3, 0.4) is 0 Å². The number of hydrogen-bond donors (Lipinski definition) is 2. The van der Waals surface area contributed by atoms with Crippen molar-refractivity contribution in [2.75, 3.05) is 17.7 Å². The summed E-state index contributed by atoms with van der Waals surface area (Å²) in [5.41, 5.74) is 2.81. The number of anilines is 2. The second kappa shape index (κ2) is 2.89. The lowest BCUT2D eigenvalue weighted by molar-refractivity contribution is 0.581. The molecule has 1 aliphatic heterocycles. The van der Waals surface area contributed by atoms with Gasteiger partial charge in [0.05, 0.1) is 21.8 Å². The highest BCUT2D eigenvalue weighted by Gasteiger charge is 2.39. The van der Waals surface area contributed by atoms with Gasteiger partial charge in [-0.3, -0.25) is 0 Å². The molecule has 2 nitrogen and oxygen atoms in total. The molecule has 3 heteroatoms. The highest BCUT2D eigenvalue weighted by molar-refractivity contribution is 7.13. The zero-order valence-electron chi connectivity index (χ0n) is 9.49. The van der Waals surface area contributed by atoms with Crippen LogP contribution in [0.15, 0.2) is 0 Å². The van der Waals surface area contributed by atoms with E-state index in [2.05, 4.69) is 38.3 Å². The Balaban J connectivity index is 2.50. The summed E-state index contributed by atoms with van der Waals surface area (Å²) in [5, 5.41) is 6.81. The molecule has 0 spiro atoms. The Bertz CT molecular complexity index is 364. The van der Waals surface area contributed by atoms with Crippen LogP contribution in [0.2, 0.25) is 0 Å². The third kappa shape index (κ3) is 1.15. The third-order valence-electron chi connectivity index (χ3n) is 2.72. The molecule has 0 bridgehead atoms. The molecule has 0 amide bonds. The van der Waals surface area contributed by atoms with Gasteiger partial charge in [0.25, 0.3) is 0 Å². The Labute approximate surface area is 89.7 Å². The summed E-state index contributed by atoms with van der Waals surface area (Å²) in [6.45, 7) is 8.96. The van der Waals surface area contributed by atoms with Gasteiger partial charge in [-0.1, -0.05) is 13.8 Å². The standard InChI is InChI=1S/C11H18N2S/c1-6(2)9-7(12-5)8-10(14-9)11(3,4)13-8/h6,12-13H,1-5H3. The van der Waals surface area contributed by atoms with Gasteiger partial charge in [0, 0.05) is 11.9 Å². The van der Waals surface area contributed by atoms with Crippen molar-refractivity contribution in [1.82, 2.24) is 0 Å². The normalized spacial score (nSPS) is 17.3. The molecule has 2 N–H and O–H groups in total. The van der Waals surface area contributed by atoms with Gasteiger partial charge < -0.3 is 10.6 Å². The lowest BCUT2D eigenvalue weighted by atomic mass is 9.92. The first-order valence-electron chi connectivity index (χ1n) is 5.10. The molecule has 0 aliphatic carbocycles. The molecule has 2 heterocycles. The summed E-state index contributed by atoms with van der Waals surface area (Å²) in [6, 6.07) is 0. The van der Waals surface area contributed by atoms with Gasteiger partial charge >= 0.3 is 0 Å². The fourth-order valence-electron chi connectivity index (χ4n) is 1.97. The topological polar surface area (TPSA) is 24.1 Å². The van der Waals surface area contributed by atoms with E-state index in [-0.39, 0.29) is 5.54 Å². The van der Waals surface area contributed by atoms with Crippen molar-refractivity contribution >= 4 is 22.7 Å². The molecule has 1 aromatic rings. The van der Waals surface area contributed by atoms with Crippen LogP contribution in [0.5, 0.6) is 0 Å². The van der Waals surface area contributed by atoms with Gasteiger partial charge in [-0.05, 0) is 19.8 Å². The SMILES string of the molecule is CNc1c(C(C)C)sc2c1NC2(C)C. The van der Waals surface area contributed by atoms with Crippen LogP contribution in [0.1, 0.15) is 43.4 Å². The summed E-state index contributed by atoms with van der Waals surface area (Å²) >= 11 is 1.94. The maximum atomic E-state index is 3.51. The molecule has 14 heavy (non-hydrogen) atoms. The Morgan fingerprint density at radius 3 is 2.43 bits per heavy atom. The molecule has 0 aromatic carbocycles. The van der Waals surface area contributed by atoms with Crippen molar-refractivity contribution < 1.29 is 0 Å². The van der Waals surface area contributed by atoms with Crippen molar-refractivity contribution in [1.29, 1.82) is 0 Å². The molecule has 0 saturated heterocycles. The van der Waals surface area contributed by atoms with E-state index in [0.29, 0.717) is 5.92 Å². The van der Waals surface area contributed by atoms with Gasteiger partial charge in [0.2, 0.25) is 0 Å².